The standard InChI is InChI=1S/C15H25N5O/c1-18(2)15(21)11-13(12-16)19-7-9-20(10-8-19)14-5-3-4-6-17-14/h3-6,13H,7-12,16H2,1-2H3. The van der Waals surface area contributed by atoms with Gasteiger partial charge in [-0.05, 0) is 12.1 Å². The van der Waals surface area contributed by atoms with Crippen molar-refractivity contribution in [2.45, 2.75) is 12.5 Å². The molecule has 0 saturated carbocycles. The second-order valence-electron chi connectivity index (χ2n) is 5.59. The summed E-state index contributed by atoms with van der Waals surface area (Å²) in [7, 11) is 3.57. The van der Waals surface area contributed by atoms with Crippen molar-refractivity contribution in [3.8, 4) is 0 Å². The van der Waals surface area contributed by atoms with Crippen molar-refractivity contribution in [1.82, 2.24) is 14.8 Å². The van der Waals surface area contributed by atoms with Gasteiger partial charge in [0.25, 0.3) is 0 Å². The predicted octanol–water partition coefficient (Wildman–Crippen LogP) is 0.00920. The highest BCUT2D eigenvalue weighted by atomic mass is 16.2. The van der Waals surface area contributed by atoms with Crippen LogP contribution in [0.15, 0.2) is 24.4 Å². The maximum absolute atomic E-state index is 11.9. The van der Waals surface area contributed by atoms with Gasteiger partial charge in [-0.25, -0.2) is 4.98 Å². The fourth-order valence-corrected chi connectivity index (χ4v) is 2.60. The Bertz CT molecular complexity index is 443. The van der Waals surface area contributed by atoms with Gasteiger partial charge in [-0.1, -0.05) is 6.07 Å². The van der Waals surface area contributed by atoms with Crippen LogP contribution >= 0.6 is 0 Å². The van der Waals surface area contributed by atoms with Crippen molar-refractivity contribution >= 4 is 11.7 Å². The first-order chi connectivity index (χ1) is 10.1. The molecule has 1 aliphatic heterocycles. The Morgan fingerprint density at radius 3 is 2.57 bits per heavy atom. The Labute approximate surface area is 126 Å². The van der Waals surface area contributed by atoms with Crippen LogP contribution < -0.4 is 10.6 Å². The molecule has 6 nitrogen and oxygen atoms in total. The molecule has 0 bridgehead atoms. The second-order valence-corrected chi connectivity index (χ2v) is 5.59. The molecule has 0 aliphatic carbocycles. The van der Waals surface area contributed by atoms with Crippen molar-refractivity contribution in [2.75, 3.05) is 51.7 Å². The lowest BCUT2D eigenvalue weighted by molar-refractivity contribution is -0.130. The van der Waals surface area contributed by atoms with Gasteiger partial charge in [0, 0.05) is 65.5 Å². The molecule has 2 N–H and O–H groups in total. The minimum absolute atomic E-state index is 0.130. The number of aromatic nitrogens is 1. The molecule has 1 amide bonds. The van der Waals surface area contributed by atoms with Crippen LogP contribution in [0.1, 0.15) is 6.42 Å². The molecule has 2 heterocycles. The zero-order valence-electron chi connectivity index (χ0n) is 12.9. The molecule has 0 radical (unpaired) electrons. The summed E-state index contributed by atoms with van der Waals surface area (Å²) in [6, 6.07) is 6.10. The Morgan fingerprint density at radius 2 is 2.05 bits per heavy atom. The monoisotopic (exact) mass is 291 g/mol. The van der Waals surface area contributed by atoms with E-state index >= 15 is 0 Å². The summed E-state index contributed by atoms with van der Waals surface area (Å²) in [6.45, 7) is 4.19. The Kier molecular flexibility index (Phi) is 5.52. The van der Waals surface area contributed by atoms with Gasteiger partial charge in [-0.15, -0.1) is 0 Å². The van der Waals surface area contributed by atoms with E-state index < -0.39 is 0 Å². The highest BCUT2D eigenvalue weighted by Gasteiger charge is 2.25. The van der Waals surface area contributed by atoms with E-state index in [1.807, 2.05) is 24.4 Å². The van der Waals surface area contributed by atoms with E-state index in [0.29, 0.717) is 13.0 Å². The molecule has 0 aromatic carbocycles. The van der Waals surface area contributed by atoms with Crippen LogP contribution in [0.3, 0.4) is 0 Å². The number of hydrogen-bond donors (Lipinski definition) is 1. The lowest BCUT2D eigenvalue weighted by Crippen LogP contribution is -2.53. The highest BCUT2D eigenvalue weighted by Crippen LogP contribution is 2.15. The SMILES string of the molecule is CN(C)C(=O)CC(CN)N1CCN(c2ccccn2)CC1. The van der Waals surface area contributed by atoms with Crippen LogP contribution in [0.4, 0.5) is 5.82 Å². The van der Waals surface area contributed by atoms with Crippen molar-refractivity contribution in [3.63, 3.8) is 0 Å². The minimum atomic E-state index is 0.130. The van der Waals surface area contributed by atoms with Gasteiger partial charge in [0.2, 0.25) is 5.91 Å². The van der Waals surface area contributed by atoms with Crippen molar-refractivity contribution in [2.24, 2.45) is 5.73 Å². The number of hydrogen-bond acceptors (Lipinski definition) is 5. The van der Waals surface area contributed by atoms with Gasteiger partial charge in [0.1, 0.15) is 5.82 Å². The summed E-state index contributed by atoms with van der Waals surface area (Å²) in [6.07, 6.45) is 2.31. The summed E-state index contributed by atoms with van der Waals surface area (Å²) in [5.74, 6) is 1.16. The van der Waals surface area contributed by atoms with Crippen LogP contribution in [0, 0.1) is 0 Å². The zero-order chi connectivity index (χ0) is 15.2. The van der Waals surface area contributed by atoms with Crippen molar-refractivity contribution < 1.29 is 4.79 Å². The van der Waals surface area contributed by atoms with E-state index in [1.54, 1.807) is 19.0 Å². The molecule has 6 heteroatoms. The predicted molar refractivity (Wildman–Crippen MR) is 84.2 cm³/mol. The third-order valence-corrected chi connectivity index (χ3v) is 3.99. The fraction of sp³-hybridized carbons (Fsp3) is 0.600. The lowest BCUT2D eigenvalue weighted by Gasteiger charge is -2.39. The van der Waals surface area contributed by atoms with Crippen molar-refractivity contribution in [1.29, 1.82) is 0 Å². The molecular weight excluding hydrogens is 266 g/mol. The van der Waals surface area contributed by atoms with Gasteiger partial charge < -0.3 is 15.5 Å². The molecule has 1 unspecified atom stereocenters. The first-order valence-electron chi connectivity index (χ1n) is 7.42. The molecule has 1 aliphatic rings. The quantitative estimate of drug-likeness (QED) is 0.828. The zero-order valence-corrected chi connectivity index (χ0v) is 12.9. The molecule has 1 fully saturated rings. The van der Waals surface area contributed by atoms with Gasteiger partial charge in [0.05, 0.1) is 0 Å². The van der Waals surface area contributed by atoms with E-state index in [0.717, 1.165) is 32.0 Å². The van der Waals surface area contributed by atoms with Crippen LogP contribution in [0.2, 0.25) is 0 Å². The molecule has 0 spiro atoms. The van der Waals surface area contributed by atoms with E-state index in [-0.39, 0.29) is 11.9 Å². The first-order valence-corrected chi connectivity index (χ1v) is 7.42. The summed E-state index contributed by atoms with van der Waals surface area (Å²) >= 11 is 0. The van der Waals surface area contributed by atoms with E-state index in [4.69, 9.17) is 5.73 Å². The number of carbonyl (C=O) groups excluding carboxylic acids is 1. The van der Waals surface area contributed by atoms with E-state index in [2.05, 4.69) is 14.8 Å². The number of nitrogens with zero attached hydrogens (tertiary/aromatic N) is 4. The Hall–Kier alpha value is -1.66. The summed E-state index contributed by atoms with van der Waals surface area (Å²) < 4.78 is 0. The maximum Gasteiger partial charge on any atom is 0.223 e. The largest absolute Gasteiger partial charge is 0.354 e. The summed E-state index contributed by atoms with van der Waals surface area (Å²) in [5, 5.41) is 0. The number of pyridine rings is 1. The molecule has 1 aromatic heterocycles. The molecule has 1 saturated heterocycles. The Morgan fingerprint density at radius 1 is 1.33 bits per heavy atom. The van der Waals surface area contributed by atoms with Crippen LogP contribution in [0.5, 0.6) is 0 Å². The third-order valence-electron chi connectivity index (χ3n) is 3.99. The molecule has 1 atom stereocenters. The van der Waals surface area contributed by atoms with E-state index in [9.17, 15) is 4.79 Å². The van der Waals surface area contributed by atoms with Crippen molar-refractivity contribution in [3.05, 3.63) is 24.4 Å². The fourth-order valence-electron chi connectivity index (χ4n) is 2.60. The smallest absolute Gasteiger partial charge is 0.223 e. The van der Waals surface area contributed by atoms with Gasteiger partial charge in [-0.3, -0.25) is 9.69 Å². The molecule has 1 aromatic rings. The third kappa shape index (κ3) is 4.15. The molecule has 21 heavy (non-hydrogen) atoms. The van der Waals surface area contributed by atoms with Crippen LogP contribution in [-0.2, 0) is 4.79 Å². The number of anilines is 1. The summed E-state index contributed by atoms with van der Waals surface area (Å²) in [5.41, 5.74) is 5.86. The average Bonchev–Trinajstić information content (AvgIpc) is 2.53. The normalized spacial score (nSPS) is 17.6. The van der Waals surface area contributed by atoms with Crippen LogP contribution in [-0.4, -0.2) is 73.6 Å². The van der Waals surface area contributed by atoms with Gasteiger partial charge in [-0.2, -0.15) is 0 Å². The second kappa shape index (κ2) is 7.38. The number of amides is 1. The van der Waals surface area contributed by atoms with Gasteiger partial charge in [0.15, 0.2) is 0 Å². The number of piperazine rings is 1. The lowest BCUT2D eigenvalue weighted by atomic mass is 10.1. The minimum Gasteiger partial charge on any atom is -0.354 e. The maximum atomic E-state index is 11.9. The number of carbonyl (C=O) groups is 1. The topological polar surface area (TPSA) is 65.7 Å². The molecule has 116 valence electrons. The number of rotatable bonds is 5. The number of nitrogens with two attached hydrogens (primary N) is 1. The first kappa shape index (κ1) is 15.7. The Balaban J connectivity index is 1.88. The average molecular weight is 291 g/mol. The van der Waals surface area contributed by atoms with Gasteiger partial charge >= 0.3 is 0 Å². The van der Waals surface area contributed by atoms with E-state index in [1.165, 1.54) is 0 Å². The van der Waals surface area contributed by atoms with Crippen LogP contribution in [0.25, 0.3) is 0 Å². The molecular formula is C15H25N5O. The highest BCUT2D eigenvalue weighted by molar-refractivity contribution is 5.76. The summed E-state index contributed by atoms with van der Waals surface area (Å²) in [4.78, 5) is 22.5. The molecule has 2 rings (SSSR count).